The number of hydrogen-bond acceptors (Lipinski definition) is 3. The lowest BCUT2D eigenvalue weighted by Gasteiger charge is -2.33. The van der Waals surface area contributed by atoms with Gasteiger partial charge in [0.25, 0.3) is 5.91 Å². The molecule has 1 fully saturated rings. The number of amides is 1. The molecule has 5 rings (SSSR count). The van der Waals surface area contributed by atoms with Crippen LogP contribution in [0.2, 0.25) is 0 Å². The number of aromatic amines is 1. The number of H-pyrrole nitrogens is 1. The number of benzene rings is 1. The normalized spacial score (nSPS) is 17.2. The number of carbonyl (C=O) groups excluding carboxylic acids is 2. The van der Waals surface area contributed by atoms with Crippen LogP contribution in [0.3, 0.4) is 0 Å². The summed E-state index contributed by atoms with van der Waals surface area (Å²) in [5, 5.41) is 0.963. The van der Waals surface area contributed by atoms with Crippen molar-refractivity contribution in [2.75, 3.05) is 6.54 Å². The zero-order chi connectivity index (χ0) is 24.0. The van der Waals surface area contributed by atoms with Crippen molar-refractivity contribution >= 4 is 28.3 Å². The van der Waals surface area contributed by atoms with Gasteiger partial charge in [-0.15, -0.1) is 0 Å². The summed E-state index contributed by atoms with van der Waals surface area (Å²) in [6.07, 6.45) is 7.40. The van der Waals surface area contributed by atoms with Gasteiger partial charge in [-0.25, -0.2) is 13.8 Å². The summed E-state index contributed by atoms with van der Waals surface area (Å²) in [5.74, 6) is -2.46. The van der Waals surface area contributed by atoms with Crippen molar-refractivity contribution < 1.29 is 18.4 Å². The molecule has 3 aromatic rings. The predicted molar refractivity (Wildman–Crippen MR) is 126 cm³/mol. The molecule has 3 heterocycles. The lowest BCUT2D eigenvalue weighted by Crippen LogP contribution is -2.39. The number of fused-ring (bicyclic) bond motifs is 4. The molecule has 7 heteroatoms. The maximum atomic E-state index is 13.9. The third kappa shape index (κ3) is 3.73. The highest BCUT2D eigenvalue weighted by molar-refractivity contribution is 6.22. The van der Waals surface area contributed by atoms with Gasteiger partial charge in [0.15, 0.2) is 17.4 Å². The Morgan fingerprint density at radius 3 is 2.62 bits per heavy atom. The molecule has 1 aromatic carbocycles. The molecular formula is C27H27F2N3O2. The van der Waals surface area contributed by atoms with Crippen molar-refractivity contribution in [2.45, 2.75) is 51.4 Å². The van der Waals surface area contributed by atoms with E-state index in [0.29, 0.717) is 18.5 Å². The molecule has 0 radical (unpaired) electrons. The van der Waals surface area contributed by atoms with Gasteiger partial charge in [0.2, 0.25) is 0 Å². The summed E-state index contributed by atoms with van der Waals surface area (Å²) < 4.78 is 27.5. The molecule has 0 saturated heterocycles. The van der Waals surface area contributed by atoms with Gasteiger partial charge in [0.05, 0.1) is 11.3 Å². The van der Waals surface area contributed by atoms with E-state index in [9.17, 15) is 18.4 Å². The van der Waals surface area contributed by atoms with E-state index in [1.54, 1.807) is 12.4 Å². The maximum absolute atomic E-state index is 13.9. The van der Waals surface area contributed by atoms with Gasteiger partial charge in [0.1, 0.15) is 5.65 Å². The minimum Gasteiger partial charge on any atom is -0.339 e. The maximum Gasteiger partial charge on any atom is 0.257 e. The Morgan fingerprint density at radius 1 is 1.15 bits per heavy atom. The highest BCUT2D eigenvalue weighted by atomic mass is 19.2. The Balaban J connectivity index is 1.70. The number of nitrogens with one attached hydrogen (secondary N) is 1. The Morgan fingerprint density at radius 2 is 1.91 bits per heavy atom. The minimum absolute atomic E-state index is 0.0519. The highest BCUT2D eigenvalue weighted by Gasteiger charge is 2.44. The molecule has 2 aliphatic rings. The van der Waals surface area contributed by atoms with E-state index in [-0.39, 0.29) is 22.7 Å². The monoisotopic (exact) mass is 463 g/mol. The number of halogens is 2. The predicted octanol–water partition coefficient (Wildman–Crippen LogP) is 5.77. The average Bonchev–Trinajstić information content (AvgIpc) is 3.39. The first-order valence-corrected chi connectivity index (χ1v) is 11.8. The number of pyridine rings is 1. The summed E-state index contributed by atoms with van der Waals surface area (Å²) in [7, 11) is 0. The molecule has 176 valence electrons. The van der Waals surface area contributed by atoms with Crippen LogP contribution in [0, 0.1) is 17.6 Å². The second-order valence-corrected chi connectivity index (χ2v) is 9.89. The van der Waals surface area contributed by atoms with E-state index in [4.69, 9.17) is 0 Å². The van der Waals surface area contributed by atoms with Crippen LogP contribution < -0.4 is 0 Å². The summed E-state index contributed by atoms with van der Waals surface area (Å²) in [4.78, 5) is 36.4. The van der Waals surface area contributed by atoms with Crippen molar-refractivity contribution in [3.8, 4) is 0 Å². The molecule has 1 aliphatic heterocycles. The Kier molecular flexibility index (Phi) is 5.58. The number of Topliss-reactive ketones (excluding diaryl/α,β-unsaturated/α-hetero) is 1. The molecule has 1 spiro atoms. The molecule has 1 amide bonds. The van der Waals surface area contributed by atoms with Gasteiger partial charge in [-0.1, -0.05) is 26.7 Å². The number of allylic oxidation sites excluding steroid dienone is 1. The minimum atomic E-state index is -1.07. The van der Waals surface area contributed by atoms with Crippen LogP contribution in [-0.2, 0) is 10.2 Å². The van der Waals surface area contributed by atoms with E-state index < -0.39 is 17.5 Å². The number of hydrogen-bond donors (Lipinski definition) is 1. The van der Waals surface area contributed by atoms with Gasteiger partial charge in [-0.2, -0.15) is 0 Å². The van der Waals surface area contributed by atoms with E-state index in [2.05, 4.69) is 9.97 Å². The summed E-state index contributed by atoms with van der Waals surface area (Å²) in [5.41, 5.74) is 2.61. The van der Waals surface area contributed by atoms with Crippen LogP contribution in [0.1, 0.15) is 67.6 Å². The average molecular weight is 464 g/mol. The van der Waals surface area contributed by atoms with Crippen molar-refractivity contribution in [3.63, 3.8) is 0 Å². The van der Waals surface area contributed by atoms with Crippen molar-refractivity contribution in [1.29, 1.82) is 0 Å². The van der Waals surface area contributed by atoms with Crippen molar-refractivity contribution in [3.05, 3.63) is 71.2 Å². The molecule has 1 N–H and O–H groups in total. The lowest BCUT2D eigenvalue weighted by atomic mass is 9.76. The van der Waals surface area contributed by atoms with Crippen LogP contribution in [0.25, 0.3) is 16.6 Å². The summed E-state index contributed by atoms with van der Waals surface area (Å²) in [6, 6.07) is 7.06. The third-order valence-corrected chi connectivity index (χ3v) is 7.01. The quantitative estimate of drug-likeness (QED) is 0.535. The molecule has 0 bridgehead atoms. The van der Waals surface area contributed by atoms with E-state index in [1.165, 1.54) is 11.0 Å². The SMILES string of the molecule is CC(C)CC(=O)C1=CN(C(=O)c2ccc(F)c(F)c2)CC2(CCCC2)c2c1[nH]c1ncccc21. The topological polar surface area (TPSA) is 66.1 Å². The van der Waals surface area contributed by atoms with Crippen molar-refractivity contribution in [1.82, 2.24) is 14.9 Å². The Bertz CT molecular complexity index is 1320. The van der Waals surface area contributed by atoms with Gasteiger partial charge in [-0.3, -0.25) is 9.59 Å². The first-order chi connectivity index (χ1) is 16.3. The fourth-order valence-electron chi connectivity index (χ4n) is 5.52. The molecular weight excluding hydrogens is 436 g/mol. The smallest absolute Gasteiger partial charge is 0.257 e. The summed E-state index contributed by atoms with van der Waals surface area (Å²) in [6.45, 7) is 4.31. The van der Waals surface area contributed by atoms with Crippen LogP contribution in [0.4, 0.5) is 8.78 Å². The fourth-order valence-corrected chi connectivity index (χ4v) is 5.52. The van der Waals surface area contributed by atoms with E-state index in [0.717, 1.165) is 60.1 Å². The lowest BCUT2D eigenvalue weighted by molar-refractivity contribution is -0.114. The number of carbonyl (C=O) groups is 2. The highest BCUT2D eigenvalue weighted by Crippen LogP contribution is 2.49. The second-order valence-electron chi connectivity index (χ2n) is 9.89. The molecule has 0 unspecified atom stereocenters. The van der Waals surface area contributed by atoms with Gasteiger partial charge in [-0.05, 0) is 54.7 Å². The molecule has 5 nitrogen and oxygen atoms in total. The van der Waals surface area contributed by atoms with Crippen LogP contribution in [0.15, 0.2) is 42.7 Å². The number of rotatable bonds is 4. The van der Waals surface area contributed by atoms with Crippen LogP contribution in [-0.4, -0.2) is 33.1 Å². The van der Waals surface area contributed by atoms with Gasteiger partial charge >= 0.3 is 0 Å². The molecule has 34 heavy (non-hydrogen) atoms. The fraction of sp³-hybridized carbons (Fsp3) is 0.370. The first kappa shape index (κ1) is 22.4. The van der Waals surface area contributed by atoms with E-state index in [1.807, 2.05) is 26.0 Å². The van der Waals surface area contributed by atoms with Crippen LogP contribution >= 0.6 is 0 Å². The number of nitrogens with zero attached hydrogens (tertiary/aromatic N) is 2. The Labute approximate surface area is 196 Å². The number of aromatic nitrogens is 2. The van der Waals surface area contributed by atoms with Gasteiger partial charge in [0, 0.05) is 41.7 Å². The molecule has 0 atom stereocenters. The zero-order valence-electron chi connectivity index (χ0n) is 19.3. The second kappa shape index (κ2) is 8.46. The van der Waals surface area contributed by atoms with Crippen molar-refractivity contribution in [2.24, 2.45) is 5.92 Å². The first-order valence-electron chi connectivity index (χ1n) is 11.8. The standard InChI is InChI=1S/C27H27F2N3O2/c1-16(2)12-22(33)19-14-32(26(34)17-7-8-20(28)21(29)13-17)15-27(9-3-4-10-27)23-18-6-5-11-30-25(18)31-24(19)23/h5-8,11,13-14,16H,3-4,9-10,12,15H2,1-2H3,(H,30,31). The molecule has 1 saturated carbocycles. The summed E-state index contributed by atoms with van der Waals surface area (Å²) >= 11 is 0. The number of ketones is 1. The van der Waals surface area contributed by atoms with E-state index >= 15 is 0 Å². The zero-order valence-corrected chi connectivity index (χ0v) is 19.3. The third-order valence-electron chi connectivity index (χ3n) is 7.01. The molecule has 1 aliphatic carbocycles. The van der Waals surface area contributed by atoms with Gasteiger partial charge < -0.3 is 9.88 Å². The largest absolute Gasteiger partial charge is 0.339 e. The molecule has 2 aromatic heterocycles. The van der Waals surface area contributed by atoms with Crippen LogP contribution in [0.5, 0.6) is 0 Å². The Hall–Kier alpha value is -3.35.